The summed E-state index contributed by atoms with van der Waals surface area (Å²) >= 11 is 0. The number of fused-ring (bicyclic) bond motifs is 1. The van der Waals surface area contributed by atoms with Crippen molar-refractivity contribution in [1.82, 2.24) is 15.0 Å². The summed E-state index contributed by atoms with van der Waals surface area (Å²) in [5, 5.41) is 0. The molecule has 3 heterocycles. The van der Waals surface area contributed by atoms with Gasteiger partial charge in [0.25, 0.3) is 0 Å². The van der Waals surface area contributed by atoms with Crippen molar-refractivity contribution in [1.29, 1.82) is 0 Å². The van der Waals surface area contributed by atoms with Crippen LogP contribution in [0.1, 0.15) is 5.56 Å². The molecule has 0 radical (unpaired) electrons. The molecule has 0 aliphatic heterocycles. The van der Waals surface area contributed by atoms with E-state index in [4.69, 9.17) is 4.42 Å². The fraction of sp³-hybridized carbons (Fsp3) is 0.0556. The first-order valence-corrected chi connectivity index (χ1v) is 7.03. The van der Waals surface area contributed by atoms with Gasteiger partial charge in [0.05, 0.1) is 0 Å². The van der Waals surface area contributed by atoms with E-state index in [-0.39, 0.29) is 0 Å². The largest absolute Gasteiger partial charge is 0.436 e. The molecule has 0 atom stereocenters. The molecule has 22 heavy (non-hydrogen) atoms. The standard InChI is InChI=1S/C18H13N3O/c1-12-2-3-17-16(10-12)21-18(22-17)14-6-9-20-11-15(14)13-4-7-19-8-5-13/h2-11H,1H3. The molecule has 0 spiro atoms. The SMILES string of the molecule is Cc1ccc2oc(-c3ccncc3-c3ccncc3)nc2c1. The van der Waals surface area contributed by atoms with Crippen molar-refractivity contribution in [3.05, 3.63) is 66.7 Å². The summed E-state index contributed by atoms with van der Waals surface area (Å²) in [6.07, 6.45) is 7.11. The van der Waals surface area contributed by atoms with E-state index in [1.165, 1.54) is 0 Å². The second-order valence-corrected chi connectivity index (χ2v) is 5.15. The number of pyridine rings is 2. The molecule has 0 aliphatic rings. The minimum atomic E-state index is 0.606. The Morgan fingerprint density at radius 2 is 1.68 bits per heavy atom. The lowest BCUT2D eigenvalue weighted by Gasteiger charge is -2.05. The van der Waals surface area contributed by atoms with E-state index in [0.29, 0.717) is 5.89 Å². The topological polar surface area (TPSA) is 51.8 Å². The molecular weight excluding hydrogens is 274 g/mol. The molecule has 0 amide bonds. The van der Waals surface area contributed by atoms with Gasteiger partial charge in [-0.1, -0.05) is 6.07 Å². The van der Waals surface area contributed by atoms with E-state index in [9.17, 15) is 0 Å². The normalized spacial score (nSPS) is 11.0. The highest BCUT2D eigenvalue weighted by molar-refractivity contribution is 5.83. The van der Waals surface area contributed by atoms with Crippen molar-refractivity contribution in [2.45, 2.75) is 6.92 Å². The van der Waals surface area contributed by atoms with Gasteiger partial charge in [-0.3, -0.25) is 9.97 Å². The molecule has 0 N–H and O–H groups in total. The highest BCUT2D eigenvalue weighted by Gasteiger charge is 2.13. The number of aromatic nitrogens is 3. The Labute approximate surface area is 127 Å². The molecule has 0 bridgehead atoms. The molecule has 0 saturated carbocycles. The van der Waals surface area contributed by atoms with Crippen LogP contribution in [-0.4, -0.2) is 15.0 Å². The van der Waals surface area contributed by atoms with Crippen LogP contribution in [0, 0.1) is 6.92 Å². The van der Waals surface area contributed by atoms with Crippen LogP contribution in [0.15, 0.2) is 65.6 Å². The van der Waals surface area contributed by atoms with E-state index in [1.807, 2.05) is 49.5 Å². The molecular formula is C18H13N3O. The van der Waals surface area contributed by atoms with Crippen LogP contribution in [0.5, 0.6) is 0 Å². The summed E-state index contributed by atoms with van der Waals surface area (Å²) in [5.41, 5.74) is 5.77. The number of oxazole rings is 1. The molecule has 4 heteroatoms. The fourth-order valence-corrected chi connectivity index (χ4v) is 2.50. The summed E-state index contributed by atoms with van der Waals surface area (Å²) < 4.78 is 5.92. The van der Waals surface area contributed by atoms with Crippen molar-refractivity contribution in [3.8, 4) is 22.6 Å². The first-order chi connectivity index (χ1) is 10.8. The maximum atomic E-state index is 5.92. The molecule has 106 valence electrons. The lowest BCUT2D eigenvalue weighted by atomic mass is 10.0. The Hall–Kier alpha value is -3.01. The summed E-state index contributed by atoms with van der Waals surface area (Å²) in [5.74, 6) is 0.606. The maximum Gasteiger partial charge on any atom is 0.228 e. The molecule has 4 nitrogen and oxygen atoms in total. The summed E-state index contributed by atoms with van der Waals surface area (Å²) in [7, 11) is 0. The third-order valence-corrected chi connectivity index (χ3v) is 3.59. The van der Waals surface area contributed by atoms with Gasteiger partial charge in [-0.05, 0) is 48.4 Å². The van der Waals surface area contributed by atoms with Gasteiger partial charge in [-0.2, -0.15) is 0 Å². The zero-order valence-corrected chi connectivity index (χ0v) is 12.0. The van der Waals surface area contributed by atoms with Gasteiger partial charge in [0.1, 0.15) is 5.52 Å². The van der Waals surface area contributed by atoms with Gasteiger partial charge in [0.15, 0.2) is 5.58 Å². The highest BCUT2D eigenvalue weighted by Crippen LogP contribution is 2.32. The Morgan fingerprint density at radius 3 is 2.55 bits per heavy atom. The van der Waals surface area contributed by atoms with E-state index >= 15 is 0 Å². The van der Waals surface area contributed by atoms with Crippen molar-refractivity contribution in [2.75, 3.05) is 0 Å². The predicted octanol–water partition coefficient (Wildman–Crippen LogP) is 4.26. The average Bonchev–Trinajstić information content (AvgIpc) is 2.98. The van der Waals surface area contributed by atoms with Crippen LogP contribution in [-0.2, 0) is 0 Å². The van der Waals surface area contributed by atoms with E-state index < -0.39 is 0 Å². The Morgan fingerprint density at radius 1 is 0.864 bits per heavy atom. The molecule has 4 rings (SSSR count). The molecule has 0 unspecified atom stereocenters. The quantitative estimate of drug-likeness (QED) is 0.552. The van der Waals surface area contributed by atoms with Crippen LogP contribution in [0.2, 0.25) is 0 Å². The lowest BCUT2D eigenvalue weighted by Crippen LogP contribution is -1.87. The minimum absolute atomic E-state index is 0.606. The Kier molecular flexibility index (Phi) is 2.93. The number of hydrogen-bond donors (Lipinski definition) is 0. The lowest BCUT2D eigenvalue weighted by molar-refractivity contribution is 0.620. The van der Waals surface area contributed by atoms with Gasteiger partial charge in [-0.25, -0.2) is 4.98 Å². The second-order valence-electron chi connectivity index (χ2n) is 5.15. The third-order valence-electron chi connectivity index (χ3n) is 3.59. The molecule has 0 saturated heterocycles. The fourth-order valence-electron chi connectivity index (χ4n) is 2.50. The van der Waals surface area contributed by atoms with Crippen LogP contribution >= 0.6 is 0 Å². The van der Waals surface area contributed by atoms with Gasteiger partial charge >= 0.3 is 0 Å². The smallest absolute Gasteiger partial charge is 0.228 e. The monoisotopic (exact) mass is 287 g/mol. The first-order valence-electron chi connectivity index (χ1n) is 7.03. The van der Waals surface area contributed by atoms with Gasteiger partial charge in [0, 0.05) is 35.9 Å². The minimum Gasteiger partial charge on any atom is -0.436 e. The molecule has 0 aliphatic carbocycles. The van der Waals surface area contributed by atoms with Gasteiger partial charge in [0.2, 0.25) is 5.89 Å². The van der Waals surface area contributed by atoms with Crippen LogP contribution in [0.4, 0.5) is 0 Å². The van der Waals surface area contributed by atoms with E-state index in [0.717, 1.165) is 33.4 Å². The Bertz CT molecular complexity index is 945. The second kappa shape index (κ2) is 5.07. The van der Waals surface area contributed by atoms with Crippen molar-refractivity contribution in [2.24, 2.45) is 0 Å². The number of benzene rings is 1. The third kappa shape index (κ3) is 2.15. The van der Waals surface area contributed by atoms with E-state index in [2.05, 4.69) is 15.0 Å². The number of nitrogens with zero attached hydrogens (tertiary/aromatic N) is 3. The molecule has 4 aromatic rings. The van der Waals surface area contributed by atoms with Gasteiger partial charge in [-0.15, -0.1) is 0 Å². The van der Waals surface area contributed by atoms with E-state index in [1.54, 1.807) is 18.6 Å². The van der Waals surface area contributed by atoms with Crippen molar-refractivity contribution >= 4 is 11.1 Å². The summed E-state index contributed by atoms with van der Waals surface area (Å²) in [6, 6.07) is 11.8. The van der Waals surface area contributed by atoms with Crippen LogP contribution in [0.25, 0.3) is 33.7 Å². The van der Waals surface area contributed by atoms with Crippen molar-refractivity contribution in [3.63, 3.8) is 0 Å². The number of aryl methyl sites for hydroxylation is 1. The molecule has 1 aromatic carbocycles. The average molecular weight is 287 g/mol. The maximum absolute atomic E-state index is 5.92. The summed E-state index contributed by atoms with van der Waals surface area (Å²) in [4.78, 5) is 12.9. The van der Waals surface area contributed by atoms with Crippen LogP contribution < -0.4 is 0 Å². The predicted molar refractivity (Wildman–Crippen MR) is 85.2 cm³/mol. The highest BCUT2D eigenvalue weighted by atomic mass is 16.3. The number of rotatable bonds is 2. The molecule has 3 aromatic heterocycles. The molecule has 0 fully saturated rings. The van der Waals surface area contributed by atoms with Crippen molar-refractivity contribution < 1.29 is 4.42 Å². The van der Waals surface area contributed by atoms with Crippen LogP contribution in [0.3, 0.4) is 0 Å². The number of hydrogen-bond acceptors (Lipinski definition) is 4. The Balaban J connectivity index is 1.92. The first kappa shape index (κ1) is 12.7. The van der Waals surface area contributed by atoms with Gasteiger partial charge < -0.3 is 4.42 Å². The summed E-state index contributed by atoms with van der Waals surface area (Å²) in [6.45, 7) is 2.04. The zero-order valence-electron chi connectivity index (χ0n) is 12.0. The zero-order chi connectivity index (χ0) is 14.9.